The summed E-state index contributed by atoms with van der Waals surface area (Å²) in [6.45, 7) is 6.77. The van der Waals surface area contributed by atoms with Crippen LogP contribution in [0.3, 0.4) is 0 Å². The highest BCUT2D eigenvalue weighted by molar-refractivity contribution is 5.40. The van der Waals surface area contributed by atoms with E-state index < -0.39 is 0 Å². The van der Waals surface area contributed by atoms with Crippen molar-refractivity contribution < 1.29 is 4.74 Å². The molecule has 1 N–H and O–H groups in total. The first kappa shape index (κ1) is 10.2. The highest BCUT2D eigenvalue weighted by Crippen LogP contribution is 2.36. The van der Waals surface area contributed by atoms with E-state index in [0.29, 0.717) is 11.5 Å². The minimum Gasteiger partial charge on any atom is -0.490 e. The molecular weight excluding hydrogens is 198 g/mol. The van der Waals surface area contributed by atoms with Crippen molar-refractivity contribution in [3.8, 4) is 5.75 Å². The molecule has 0 spiro atoms. The van der Waals surface area contributed by atoms with Crippen LogP contribution < -0.4 is 10.1 Å². The van der Waals surface area contributed by atoms with Gasteiger partial charge in [-0.15, -0.1) is 0 Å². The summed E-state index contributed by atoms with van der Waals surface area (Å²) in [7, 11) is 0. The Labute approximate surface area is 97.0 Å². The van der Waals surface area contributed by atoms with Crippen molar-refractivity contribution in [2.45, 2.75) is 32.8 Å². The zero-order valence-corrected chi connectivity index (χ0v) is 10.0. The fourth-order valence-corrected chi connectivity index (χ4v) is 2.81. The zero-order valence-electron chi connectivity index (χ0n) is 10.0. The van der Waals surface area contributed by atoms with Gasteiger partial charge in [0, 0.05) is 19.5 Å². The van der Waals surface area contributed by atoms with Crippen LogP contribution in [0.15, 0.2) is 18.2 Å². The number of ether oxygens (including phenoxy) is 1. The molecule has 16 heavy (non-hydrogen) atoms. The second-order valence-corrected chi connectivity index (χ2v) is 5.67. The van der Waals surface area contributed by atoms with Crippen molar-refractivity contribution in [3.05, 3.63) is 29.3 Å². The van der Waals surface area contributed by atoms with E-state index in [0.717, 1.165) is 25.3 Å². The van der Waals surface area contributed by atoms with Crippen LogP contribution in [0, 0.1) is 12.3 Å². The lowest BCUT2D eigenvalue weighted by molar-refractivity contribution is 0.100. The second kappa shape index (κ2) is 3.49. The minimum atomic E-state index is 0.392. The molecule has 1 aromatic carbocycles. The van der Waals surface area contributed by atoms with Crippen LogP contribution in [0.4, 0.5) is 0 Å². The van der Waals surface area contributed by atoms with E-state index >= 15 is 0 Å². The van der Waals surface area contributed by atoms with Gasteiger partial charge in [0.15, 0.2) is 0 Å². The number of hydrogen-bond acceptors (Lipinski definition) is 2. The molecule has 0 amide bonds. The average molecular weight is 217 g/mol. The van der Waals surface area contributed by atoms with Crippen molar-refractivity contribution >= 4 is 0 Å². The van der Waals surface area contributed by atoms with Crippen LogP contribution in [-0.4, -0.2) is 19.2 Å². The zero-order chi connectivity index (χ0) is 11.2. The summed E-state index contributed by atoms with van der Waals surface area (Å²) in [5.41, 5.74) is 3.18. The Morgan fingerprint density at radius 2 is 2.25 bits per heavy atom. The van der Waals surface area contributed by atoms with Gasteiger partial charge in [-0.05, 0) is 30.4 Å². The van der Waals surface area contributed by atoms with E-state index in [1.54, 1.807) is 0 Å². The fraction of sp³-hybridized carbons (Fsp3) is 0.571. The van der Waals surface area contributed by atoms with Crippen LogP contribution >= 0.6 is 0 Å². The summed E-state index contributed by atoms with van der Waals surface area (Å²) in [6.07, 6.45) is 2.66. The quantitative estimate of drug-likeness (QED) is 0.820. The first-order valence-corrected chi connectivity index (χ1v) is 6.12. The van der Waals surface area contributed by atoms with Crippen LogP contribution in [0.5, 0.6) is 5.75 Å². The third-order valence-electron chi connectivity index (χ3n) is 3.78. The van der Waals surface area contributed by atoms with Crippen molar-refractivity contribution in [2.24, 2.45) is 5.41 Å². The van der Waals surface area contributed by atoms with Gasteiger partial charge in [0.25, 0.3) is 0 Å². The lowest BCUT2D eigenvalue weighted by Crippen LogP contribution is -2.53. The number of fused-ring (bicyclic) bond motifs is 1. The maximum atomic E-state index is 6.01. The molecule has 2 aliphatic rings. The van der Waals surface area contributed by atoms with Crippen LogP contribution in [0.1, 0.15) is 24.5 Å². The Morgan fingerprint density at radius 1 is 1.44 bits per heavy atom. The van der Waals surface area contributed by atoms with Crippen molar-refractivity contribution in [2.75, 3.05) is 13.1 Å². The van der Waals surface area contributed by atoms with E-state index in [4.69, 9.17) is 4.74 Å². The summed E-state index contributed by atoms with van der Waals surface area (Å²) in [4.78, 5) is 0. The van der Waals surface area contributed by atoms with Gasteiger partial charge in [0.05, 0.1) is 0 Å². The molecule has 2 heterocycles. The SMILES string of the molecule is Cc1ccc2c(c1)CC(CC1(C)CNC1)O2. The largest absolute Gasteiger partial charge is 0.490 e. The Morgan fingerprint density at radius 3 is 2.94 bits per heavy atom. The molecule has 1 aromatic rings. The summed E-state index contributed by atoms with van der Waals surface area (Å²) in [6, 6.07) is 6.51. The molecule has 0 radical (unpaired) electrons. The Hall–Kier alpha value is -1.02. The fourth-order valence-electron chi connectivity index (χ4n) is 2.81. The molecular formula is C14H19NO. The first-order valence-electron chi connectivity index (χ1n) is 6.12. The Kier molecular flexibility index (Phi) is 2.21. The van der Waals surface area contributed by atoms with Gasteiger partial charge < -0.3 is 10.1 Å². The topological polar surface area (TPSA) is 21.3 Å². The lowest BCUT2D eigenvalue weighted by Gasteiger charge is -2.40. The molecule has 2 heteroatoms. The Bertz CT molecular complexity index is 409. The van der Waals surface area contributed by atoms with E-state index in [2.05, 4.69) is 37.4 Å². The Balaban J connectivity index is 1.70. The molecule has 1 unspecified atom stereocenters. The lowest BCUT2D eigenvalue weighted by atomic mass is 9.78. The monoisotopic (exact) mass is 217 g/mol. The highest BCUT2D eigenvalue weighted by atomic mass is 16.5. The number of benzene rings is 1. The number of rotatable bonds is 2. The van der Waals surface area contributed by atoms with Gasteiger partial charge in [-0.2, -0.15) is 0 Å². The van der Waals surface area contributed by atoms with Gasteiger partial charge in [-0.25, -0.2) is 0 Å². The molecule has 1 fully saturated rings. The molecule has 0 bridgehead atoms. The number of aryl methyl sites for hydroxylation is 1. The molecule has 86 valence electrons. The van der Waals surface area contributed by atoms with E-state index in [1.165, 1.54) is 17.5 Å². The van der Waals surface area contributed by atoms with Crippen molar-refractivity contribution in [1.82, 2.24) is 5.32 Å². The van der Waals surface area contributed by atoms with Crippen LogP contribution in [0.2, 0.25) is 0 Å². The molecule has 0 saturated carbocycles. The molecule has 1 atom stereocenters. The molecule has 2 nitrogen and oxygen atoms in total. The second-order valence-electron chi connectivity index (χ2n) is 5.67. The van der Waals surface area contributed by atoms with Crippen molar-refractivity contribution in [1.29, 1.82) is 0 Å². The third kappa shape index (κ3) is 1.71. The van der Waals surface area contributed by atoms with Gasteiger partial charge in [-0.3, -0.25) is 0 Å². The molecule has 0 aliphatic carbocycles. The minimum absolute atomic E-state index is 0.392. The predicted octanol–water partition coefficient (Wildman–Crippen LogP) is 2.30. The van der Waals surface area contributed by atoms with Crippen LogP contribution in [0.25, 0.3) is 0 Å². The smallest absolute Gasteiger partial charge is 0.123 e. The van der Waals surface area contributed by atoms with Crippen LogP contribution in [-0.2, 0) is 6.42 Å². The molecule has 2 aliphatic heterocycles. The highest BCUT2D eigenvalue weighted by Gasteiger charge is 2.36. The summed E-state index contributed by atoms with van der Waals surface area (Å²) >= 11 is 0. The first-order chi connectivity index (χ1) is 7.65. The van der Waals surface area contributed by atoms with Crippen molar-refractivity contribution in [3.63, 3.8) is 0 Å². The maximum absolute atomic E-state index is 6.01. The van der Waals surface area contributed by atoms with E-state index in [1.807, 2.05) is 0 Å². The summed E-state index contributed by atoms with van der Waals surface area (Å²) < 4.78 is 6.01. The normalized spacial score (nSPS) is 25.8. The van der Waals surface area contributed by atoms with Gasteiger partial charge in [-0.1, -0.05) is 24.6 Å². The van der Waals surface area contributed by atoms with E-state index in [9.17, 15) is 0 Å². The maximum Gasteiger partial charge on any atom is 0.123 e. The standard InChI is InChI=1S/C14H19NO/c1-10-3-4-13-11(5-10)6-12(16-13)7-14(2)8-15-9-14/h3-5,12,15H,6-9H2,1-2H3. The predicted molar refractivity (Wildman–Crippen MR) is 64.9 cm³/mol. The van der Waals surface area contributed by atoms with Gasteiger partial charge in [0.1, 0.15) is 11.9 Å². The number of nitrogens with one attached hydrogen (secondary N) is 1. The van der Waals surface area contributed by atoms with E-state index in [-0.39, 0.29) is 0 Å². The molecule has 0 aromatic heterocycles. The molecule has 3 rings (SSSR count). The summed E-state index contributed by atoms with van der Waals surface area (Å²) in [5, 5.41) is 3.35. The third-order valence-corrected chi connectivity index (χ3v) is 3.78. The van der Waals surface area contributed by atoms with Gasteiger partial charge in [0.2, 0.25) is 0 Å². The average Bonchev–Trinajstić information content (AvgIpc) is 2.56. The number of hydrogen-bond donors (Lipinski definition) is 1. The van der Waals surface area contributed by atoms with Gasteiger partial charge >= 0.3 is 0 Å². The summed E-state index contributed by atoms with van der Waals surface area (Å²) in [5.74, 6) is 1.10. The molecule has 1 saturated heterocycles.